The number of carbonyl (C=O) groups excluding carboxylic acids is 2. The summed E-state index contributed by atoms with van der Waals surface area (Å²) < 4.78 is 50.6. The van der Waals surface area contributed by atoms with E-state index >= 15 is 0 Å². The highest BCUT2D eigenvalue weighted by molar-refractivity contribution is 5.89. The Labute approximate surface area is 238 Å². The molecule has 10 heteroatoms. The third-order valence-electron chi connectivity index (χ3n) is 9.08. The van der Waals surface area contributed by atoms with Gasteiger partial charge in [-0.15, -0.1) is 0 Å². The Hall–Kier alpha value is -3.11. The number of hydrogen-bond acceptors (Lipinski definition) is 6. The largest absolute Gasteiger partial charge is 0.473 e. The highest BCUT2D eigenvalue weighted by Crippen LogP contribution is 2.47. The summed E-state index contributed by atoms with van der Waals surface area (Å²) >= 11 is 0. The van der Waals surface area contributed by atoms with Gasteiger partial charge in [-0.3, -0.25) is 4.79 Å². The maximum absolute atomic E-state index is 13.9. The van der Waals surface area contributed by atoms with Crippen molar-refractivity contribution >= 4 is 11.9 Å². The molecule has 2 fully saturated rings. The maximum atomic E-state index is 13.9. The van der Waals surface area contributed by atoms with Crippen LogP contribution in [0.4, 0.5) is 13.2 Å². The van der Waals surface area contributed by atoms with Crippen molar-refractivity contribution in [1.82, 2.24) is 9.80 Å². The van der Waals surface area contributed by atoms with E-state index in [-0.39, 0.29) is 31.2 Å². The molecule has 5 rings (SSSR count). The number of ether oxygens (including phenoxy) is 2. The van der Waals surface area contributed by atoms with Gasteiger partial charge in [-0.1, -0.05) is 12.1 Å². The molecule has 2 aliphatic heterocycles. The number of esters is 1. The number of benzene rings is 2. The Balaban J connectivity index is 1.23. The Bertz CT molecular complexity index is 1270. The third kappa shape index (κ3) is 5.95. The molecule has 0 radical (unpaired) electrons. The number of fused-ring (bicyclic) bond motifs is 1. The monoisotopic (exact) mass is 574 g/mol. The minimum Gasteiger partial charge on any atom is -0.473 e. The number of amides is 1. The quantitative estimate of drug-likeness (QED) is 0.468. The summed E-state index contributed by atoms with van der Waals surface area (Å²) in [6.45, 7) is 5.36. The van der Waals surface area contributed by atoms with Gasteiger partial charge in [0.2, 0.25) is 5.91 Å². The van der Waals surface area contributed by atoms with Gasteiger partial charge < -0.3 is 24.4 Å². The van der Waals surface area contributed by atoms with E-state index in [1.54, 1.807) is 19.9 Å². The molecule has 2 aromatic rings. The number of halogens is 3. The van der Waals surface area contributed by atoms with Crippen molar-refractivity contribution in [2.75, 3.05) is 26.4 Å². The number of aliphatic hydroxyl groups is 1. The highest BCUT2D eigenvalue weighted by atomic mass is 19.4. The van der Waals surface area contributed by atoms with Crippen LogP contribution >= 0.6 is 0 Å². The van der Waals surface area contributed by atoms with E-state index in [0.29, 0.717) is 42.2 Å². The molecule has 2 heterocycles. The fourth-order valence-corrected chi connectivity index (χ4v) is 6.71. The number of rotatable bonds is 6. The third-order valence-corrected chi connectivity index (χ3v) is 9.08. The topological polar surface area (TPSA) is 79.3 Å². The summed E-state index contributed by atoms with van der Waals surface area (Å²) in [5.74, 6) is 0.0643. The molecule has 41 heavy (non-hydrogen) atoms. The highest BCUT2D eigenvalue weighted by Gasteiger charge is 2.52. The number of alkyl halides is 3. The maximum Gasteiger partial charge on any atom is 0.416 e. The SMILES string of the molecule is CCOC(=O)c1cccc(C2CCN([C@@H]3CCC(C(=O)N4COc5ccc(C(F)(F)F)cc5C4)(C(C)O)C3)CC2)c1. The molecule has 2 unspecified atom stereocenters. The lowest BCUT2D eigenvalue weighted by molar-refractivity contribution is -0.153. The molecule has 3 aliphatic rings. The van der Waals surface area contributed by atoms with Gasteiger partial charge in [-0.2, -0.15) is 13.2 Å². The van der Waals surface area contributed by atoms with Gasteiger partial charge in [0.05, 0.1) is 35.8 Å². The summed E-state index contributed by atoms with van der Waals surface area (Å²) in [6.07, 6.45) is -1.83. The van der Waals surface area contributed by atoms with Crippen LogP contribution in [0.5, 0.6) is 5.75 Å². The minimum atomic E-state index is -4.49. The lowest BCUT2D eigenvalue weighted by Crippen LogP contribution is -2.51. The number of carbonyl (C=O) groups is 2. The average Bonchev–Trinajstić information content (AvgIpc) is 3.43. The Kier molecular flexibility index (Phi) is 8.34. The first kappa shape index (κ1) is 29.4. The van der Waals surface area contributed by atoms with Crippen molar-refractivity contribution in [1.29, 1.82) is 0 Å². The fraction of sp³-hybridized carbons (Fsp3) is 0.548. The van der Waals surface area contributed by atoms with Crippen molar-refractivity contribution in [2.45, 2.75) is 76.7 Å². The van der Waals surface area contributed by atoms with Gasteiger partial charge >= 0.3 is 12.1 Å². The molecule has 1 amide bonds. The first-order valence-electron chi connectivity index (χ1n) is 14.3. The second kappa shape index (κ2) is 11.6. The van der Waals surface area contributed by atoms with Crippen LogP contribution in [-0.4, -0.2) is 65.4 Å². The zero-order valence-corrected chi connectivity index (χ0v) is 23.5. The Morgan fingerprint density at radius 3 is 2.59 bits per heavy atom. The van der Waals surface area contributed by atoms with Gasteiger partial charge in [0.1, 0.15) is 5.75 Å². The van der Waals surface area contributed by atoms with Crippen LogP contribution in [0.2, 0.25) is 0 Å². The Morgan fingerprint density at radius 2 is 1.90 bits per heavy atom. The molecule has 222 valence electrons. The summed E-state index contributed by atoms with van der Waals surface area (Å²) in [6, 6.07) is 11.1. The molecule has 0 spiro atoms. The van der Waals surface area contributed by atoms with Crippen LogP contribution < -0.4 is 4.74 Å². The molecule has 2 aromatic carbocycles. The zero-order valence-electron chi connectivity index (χ0n) is 23.5. The van der Waals surface area contributed by atoms with Gasteiger partial charge in [0, 0.05) is 11.6 Å². The van der Waals surface area contributed by atoms with Gasteiger partial charge in [0.25, 0.3) is 0 Å². The predicted molar refractivity (Wildman–Crippen MR) is 145 cm³/mol. The standard InChI is InChI=1S/C31H37F3N2O5/c1-3-40-28(38)23-6-4-5-22(15-23)21-10-13-35(14-11-21)26-9-12-30(17-26,20(2)37)29(39)36-18-24-16-25(31(32,33)34)7-8-27(24)41-19-36/h4-8,15-16,20-21,26,37H,3,9-14,17-19H2,1-2H3/t20?,26-,30?/m1/s1. The molecule has 0 bridgehead atoms. The summed E-state index contributed by atoms with van der Waals surface area (Å²) in [5, 5.41) is 10.9. The summed E-state index contributed by atoms with van der Waals surface area (Å²) in [4.78, 5) is 29.9. The second-order valence-corrected chi connectivity index (χ2v) is 11.5. The molecule has 0 aromatic heterocycles. The van der Waals surface area contributed by atoms with Crippen molar-refractivity contribution in [3.8, 4) is 5.75 Å². The molecule has 1 aliphatic carbocycles. The van der Waals surface area contributed by atoms with E-state index in [9.17, 15) is 27.9 Å². The van der Waals surface area contributed by atoms with Crippen molar-refractivity contribution in [3.63, 3.8) is 0 Å². The number of aliphatic hydroxyl groups excluding tert-OH is 1. The summed E-state index contributed by atoms with van der Waals surface area (Å²) in [5.41, 5.74) is 0.189. The Morgan fingerprint density at radius 1 is 1.15 bits per heavy atom. The van der Waals surface area contributed by atoms with Gasteiger partial charge in [0.15, 0.2) is 6.73 Å². The lowest BCUT2D eigenvalue weighted by Gasteiger charge is -2.40. The van der Waals surface area contributed by atoms with Crippen molar-refractivity contribution in [2.24, 2.45) is 5.41 Å². The minimum absolute atomic E-state index is 0.00742. The van der Waals surface area contributed by atoms with Crippen LogP contribution in [0, 0.1) is 5.41 Å². The van der Waals surface area contributed by atoms with E-state index in [1.807, 2.05) is 18.2 Å². The van der Waals surface area contributed by atoms with Crippen LogP contribution in [0.1, 0.15) is 78.9 Å². The predicted octanol–water partition coefficient (Wildman–Crippen LogP) is 5.36. The van der Waals surface area contributed by atoms with E-state index in [4.69, 9.17) is 9.47 Å². The average molecular weight is 575 g/mol. The number of nitrogens with zero attached hydrogens (tertiary/aromatic N) is 2. The molecular weight excluding hydrogens is 537 g/mol. The normalized spacial score (nSPS) is 24.4. The molecular formula is C31H37F3N2O5. The van der Waals surface area contributed by atoms with Crippen LogP contribution in [0.25, 0.3) is 0 Å². The van der Waals surface area contributed by atoms with E-state index < -0.39 is 23.3 Å². The smallest absolute Gasteiger partial charge is 0.416 e. The molecule has 1 saturated carbocycles. The molecule has 1 N–H and O–H groups in total. The first-order valence-corrected chi connectivity index (χ1v) is 14.3. The molecule has 1 saturated heterocycles. The van der Waals surface area contributed by atoms with E-state index in [2.05, 4.69) is 4.90 Å². The van der Waals surface area contributed by atoms with Crippen LogP contribution in [0.15, 0.2) is 42.5 Å². The van der Waals surface area contributed by atoms with E-state index in [0.717, 1.165) is 50.0 Å². The number of hydrogen-bond donors (Lipinski definition) is 1. The number of likely N-dealkylation sites (tertiary alicyclic amines) is 1. The van der Waals surface area contributed by atoms with Gasteiger partial charge in [-0.25, -0.2) is 4.79 Å². The van der Waals surface area contributed by atoms with E-state index in [1.165, 1.54) is 11.0 Å². The zero-order chi connectivity index (χ0) is 29.4. The fourth-order valence-electron chi connectivity index (χ4n) is 6.71. The van der Waals surface area contributed by atoms with Crippen LogP contribution in [-0.2, 0) is 22.3 Å². The van der Waals surface area contributed by atoms with Crippen LogP contribution in [0.3, 0.4) is 0 Å². The molecule has 7 nitrogen and oxygen atoms in total. The van der Waals surface area contributed by atoms with Crippen molar-refractivity contribution < 1.29 is 37.3 Å². The molecule has 3 atom stereocenters. The van der Waals surface area contributed by atoms with Gasteiger partial charge in [-0.05, 0) is 101 Å². The van der Waals surface area contributed by atoms with Crippen molar-refractivity contribution in [3.05, 3.63) is 64.7 Å². The first-order chi connectivity index (χ1) is 19.5. The lowest BCUT2D eigenvalue weighted by atomic mass is 9.79. The number of piperidine rings is 1. The second-order valence-electron chi connectivity index (χ2n) is 11.5. The summed E-state index contributed by atoms with van der Waals surface area (Å²) in [7, 11) is 0.